The van der Waals surface area contributed by atoms with E-state index in [9.17, 15) is 14.7 Å². The van der Waals surface area contributed by atoms with Crippen molar-refractivity contribution in [3.8, 4) is 0 Å². The van der Waals surface area contributed by atoms with Crippen LogP contribution in [0.3, 0.4) is 0 Å². The topological polar surface area (TPSA) is 136 Å². The first-order valence-corrected chi connectivity index (χ1v) is 12.6. The van der Waals surface area contributed by atoms with Crippen molar-refractivity contribution in [2.45, 2.75) is 104 Å². The number of nitrogen functional groups attached to an aromatic ring is 1. The van der Waals surface area contributed by atoms with Crippen molar-refractivity contribution in [2.24, 2.45) is 5.92 Å². The molecule has 33 heavy (non-hydrogen) atoms. The average Bonchev–Trinajstić information content (AvgIpc) is 3.19. The monoisotopic (exact) mass is 463 g/mol. The number of aromatic nitrogens is 4. The summed E-state index contributed by atoms with van der Waals surface area (Å²) in [5.74, 6) is -1.75. The molecule has 2 aromatic heterocycles. The van der Waals surface area contributed by atoms with Crippen LogP contribution >= 0.6 is 0 Å². The van der Waals surface area contributed by atoms with Crippen LogP contribution in [0.5, 0.6) is 0 Å². The zero-order valence-corrected chi connectivity index (χ0v) is 20.2. The van der Waals surface area contributed by atoms with Gasteiger partial charge in [-0.15, -0.1) is 0 Å². The lowest BCUT2D eigenvalue weighted by Crippen LogP contribution is -2.29. The highest BCUT2D eigenvalue weighted by atomic mass is 16.5. The third kappa shape index (κ3) is 8.46. The third-order valence-corrected chi connectivity index (χ3v) is 6.09. The molecule has 2 heterocycles. The number of hydrogen-bond acceptors (Lipinski definition) is 6. The molecule has 0 radical (unpaired) electrons. The lowest BCUT2D eigenvalue weighted by atomic mass is 9.98. The molecule has 9 nitrogen and oxygen atoms in total. The number of nitrogens with zero attached hydrogens (tertiary/aromatic N) is 3. The van der Waals surface area contributed by atoms with Gasteiger partial charge < -0.3 is 15.6 Å². The molecule has 0 spiro atoms. The van der Waals surface area contributed by atoms with E-state index in [0.717, 1.165) is 19.3 Å². The van der Waals surface area contributed by atoms with Crippen LogP contribution in [0.1, 0.15) is 104 Å². The summed E-state index contributed by atoms with van der Waals surface area (Å²) in [7, 11) is 0. The Morgan fingerprint density at radius 3 is 2.18 bits per heavy atom. The third-order valence-electron chi connectivity index (χ3n) is 6.09. The number of nitrogens with one attached hydrogen (secondary N) is 1. The van der Waals surface area contributed by atoms with Gasteiger partial charge in [0.2, 0.25) is 5.95 Å². The Labute approximate surface area is 196 Å². The SMILES string of the molecule is CCCCCCCCCCCCCCC(C(=O)O)C(OCC)n1cnc2c(=O)[nH]c(N)nc21. The highest BCUT2D eigenvalue weighted by Crippen LogP contribution is 2.28. The molecule has 2 unspecified atom stereocenters. The molecular weight excluding hydrogens is 422 g/mol. The fraction of sp³-hybridized carbons (Fsp3) is 0.750. The van der Waals surface area contributed by atoms with Gasteiger partial charge in [0.1, 0.15) is 12.1 Å². The largest absolute Gasteiger partial charge is 0.481 e. The normalized spacial score (nSPS) is 13.4. The number of ether oxygens (including phenoxy) is 1. The quantitative estimate of drug-likeness (QED) is 0.264. The van der Waals surface area contributed by atoms with Gasteiger partial charge in [0.15, 0.2) is 11.2 Å². The van der Waals surface area contributed by atoms with Crippen molar-refractivity contribution in [3.05, 3.63) is 16.7 Å². The predicted molar refractivity (Wildman–Crippen MR) is 130 cm³/mol. The van der Waals surface area contributed by atoms with Crippen LogP contribution in [0.2, 0.25) is 0 Å². The molecule has 0 fully saturated rings. The van der Waals surface area contributed by atoms with Crippen molar-refractivity contribution in [1.29, 1.82) is 0 Å². The van der Waals surface area contributed by atoms with Gasteiger partial charge in [-0.05, 0) is 13.3 Å². The molecule has 0 saturated heterocycles. The molecular formula is C24H41N5O4. The number of nitrogens with two attached hydrogens (primary N) is 1. The average molecular weight is 464 g/mol. The summed E-state index contributed by atoms with van der Waals surface area (Å²) in [5.41, 5.74) is 5.57. The Kier molecular flexibility index (Phi) is 11.9. The van der Waals surface area contributed by atoms with Crippen LogP contribution in [-0.4, -0.2) is 37.2 Å². The van der Waals surface area contributed by atoms with Crippen LogP contribution in [0.15, 0.2) is 11.1 Å². The molecule has 9 heteroatoms. The molecule has 0 aliphatic carbocycles. The second-order valence-electron chi connectivity index (χ2n) is 8.74. The van der Waals surface area contributed by atoms with Crippen molar-refractivity contribution < 1.29 is 14.6 Å². The molecule has 2 atom stereocenters. The minimum Gasteiger partial charge on any atom is -0.481 e. The Balaban J connectivity index is 1.84. The van der Waals surface area contributed by atoms with Gasteiger partial charge in [-0.2, -0.15) is 4.98 Å². The van der Waals surface area contributed by atoms with E-state index in [0.29, 0.717) is 13.0 Å². The second-order valence-corrected chi connectivity index (χ2v) is 8.74. The summed E-state index contributed by atoms with van der Waals surface area (Å²) in [6.45, 7) is 4.37. The number of carboxylic acids is 1. The zero-order valence-electron chi connectivity index (χ0n) is 20.2. The molecule has 4 N–H and O–H groups in total. The minimum atomic E-state index is -0.934. The van der Waals surface area contributed by atoms with Crippen molar-refractivity contribution in [2.75, 3.05) is 12.3 Å². The molecule has 186 valence electrons. The molecule has 0 aliphatic rings. The minimum absolute atomic E-state index is 0.0441. The van der Waals surface area contributed by atoms with E-state index in [2.05, 4.69) is 21.9 Å². The van der Waals surface area contributed by atoms with E-state index in [1.807, 2.05) is 6.92 Å². The lowest BCUT2D eigenvalue weighted by molar-refractivity contribution is -0.152. The van der Waals surface area contributed by atoms with Crippen LogP contribution < -0.4 is 11.3 Å². The number of aromatic amines is 1. The highest BCUT2D eigenvalue weighted by molar-refractivity contribution is 5.73. The second kappa shape index (κ2) is 14.7. The van der Waals surface area contributed by atoms with Gasteiger partial charge >= 0.3 is 5.97 Å². The molecule has 2 rings (SSSR count). The maximum absolute atomic E-state index is 12.1. The van der Waals surface area contributed by atoms with Crippen LogP contribution in [0.4, 0.5) is 5.95 Å². The number of imidazole rings is 1. The summed E-state index contributed by atoms with van der Waals surface area (Å²) in [6.07, 6.45) is 15.7. The summed E-state index contributed by atoms with van der Waals surface area (Å²) >= 11 is 0. The van der Waals surface area contributed by atoms with E-state index >= 15 is 0 Å². The molecule has 0 amide bonds. The first-order chi connectivity index (χ1) is 16.0. The van der Waals surface area contributed by atoms with E-state index in [-0.39, 0.29) is 17.1 Å². The van der Waals surface area contributed by atoms with Crippen molar-refractivity contribution in [3.63, 3.8) is 0 Å². The Morgan fingerprint density at radius 2 is 1.64 bits per heavy atom. The summed E-state index contributed by atoms with van der Waals surface area (Å²) in [4.78, 5) is 34.8. The molecule has 0 bridgehead atoms. The number of hydrogen-bond donors (Lipinski definition) is 3. The van der Waals surface area contributed by atoms with E-state index < -0.39 is 23.7 Å². The first-order valence-electron chi connectivity index (χ1n) is 12.6. The maximum Gasteiger partial charge on any atom is 0.311 e. The number of fused-ring (bicyclic) bond motifs is 1. The molecule has 0 aliphatic heterocycles. The zero-order chi connectivity index (χ0) is 24.1. The van der Waals surface area contributed by atoms with E-state index in [1.54, 1.807) is 0 Å². The maximum atomic E-state index is 12.1. The van der Waals surface area contributed by atoms with Gasteiger partial charge in [-0.1, -0.05) is 84.0 Å². The van der Waals surface area contributed by atoms with Crippen LogP contribution in [0.25, 0.3) is 11.2 Å². The van der Waals surface area contributed by atoms with Gasteiger partial charge in [-0.25, -0.2) is 4.98 Å². The standard InChI is InChI=1S/C24H41N5O4/c1-3-5-6-7-8-9-10-11-12-13-14-15-16-18(23(31)32)22(33-4-2)29-17-26-19-20(29)27-24(25)28-21(19)30/h17-18,22H,3-16H2,1-2H3,(H,31,32)(H3,25,27,28,30). The summed E-state index contributed by atoms with van der Waals surface area (Å²) in [5, 5.41) is 9.90. The van der Waals surface area contributed by atoms with Crippen molar-refractivity contribution in [1.82, 2.24) is 19.5 Å². The van der Waals surface area contributed by atoms with Gasteiger partial charge in [0.25, 0.3) is 5.56 Å². The number of aliphatic carboxylic acids is 1. The van der Waals surface area contributed by atoms with Gasteiger partial charge in [-0.3, -0.25) is 19.1 Å². The first kappa shape index (κ1) is 26.8. The van der Waals surface area contributed by atoms with E-state index in [4.69, 9.17) is 10.5 Å². The van der Waals surface area contributed by atoms with Crippen LogP contribution in [-0.2, 0) is 9.53 Å². The number of unbranched alkanes of at least 4 members (excludes halogenated alkanes) is 11. The number of carbonyl (C=O) groups is 1. The fourth-order valence-electron chi connectivity index (χ4n) is 4.28. The Morgan fingerprint density at radius 1 is 1.06 bits per heavy atom. The van der Waals surface area contributed by atoms with Crippen molar-refractivity contribution >= 4 is 23.1 Å². The number of H-pyrrole nitrogens is 1. The smallest absolute Gasteiger partial charge is 0.311 e. The Hall–Kier alpha value is -2.42. The molecule has 0 saturated carbocycles. The highest BCUT2D eigenvalue weighted by Gasteiger charge is 2.31. The van der Waals surface area contributed by atoms with Gasteiger partial charge in [0.05, 0.1) is 6.33 Å². The molecule has 2 aromatic rings. The van der Waals surface area contributed by atoms with Gasteiger partial charge in [0, 0.05) is 6.61 Å². The summed E-state index contributed by atoms with van der Waals surface area (Å²) < 4.78 is 7.32. The van der Waals surface area contributed by atoms with Crippen LogP contribution in [0, 0.1) is 5.92 Å². The number of carboxylic acid groups (broad SMARTS) is 1. The molecule has 0 aromatic carbocycles. The Bertz CT molecular complexity index is 895. The number of anilines is 1. The van der Waals surface area contributed by atoms with E-state index in [1.165, 1.54) is 68.7 Å². The predicted octanol–water partition coefficient (Wildman–Crippen LogP) is 5.03. The summed E-state index contributed by atoms with van der Waals surface area (Å²) in [6, 6.07) is 0. The lowest BCUT2D eigenvalue weighted by Gasteiger charge is -2.25. The number of rotatable bonds is 18. The fourth-order valence-corrected chi connectivity index (χ4v) is 4.28.